The van der Waals surface area contributed by atoms with Crippen LogP contribution in [0.1, 0.15) is 54.7 Å². The molecule has 3 aliphatic heterocycles. The second kappa shape index (κ2) is 8.00. The van der Waals surface area contributed by atoms with Crippen LogP contribution in [-0.2, 0) is 4.79 Å². The number of piperidine rings is 2. The molecule has 2 amide bonds. The zero-order valence-corrected chi connectivity index (χ0v) is 16.3. The predicted molar refractivity (Wildman–Crippen MR) is 102 cm³/mol. The van der Waals surface area contributed by atoms with Crippen LogP contribution in [0.4, 0.5) is 0 Å². The Bertz CT molecular complexity index is 674. The number of nitrogens with zero attached hydrogens (tertiary/aromatic N) is 4. The molecule has 7 nitrogen and oxygen atoms in total. The monoisotopic (exact) mass is 373 g/mol. The summed E-state index contributed by atoms with van der Waals surface area (Å²) in [5.74, 6) is 0.570. The molecule has 0 radical (unpaired) electrons. The van der Waals surface area contributed by atoms with E-state index in [0.29, 0.717) is 17.6 Å². The molecule has 4 heterocycles. The predicted octanol–water partition coefficient (Wildman–Crippen LogP) is 1.66. The molecule has 1 aromatic rings. The maximum atomic E-state index is 12.8. The fraction of sp³-hybridized carbons (Fsp3) is 0.750. The van der Waals surface area contributed by atoms with Crippen molar-refractivity contribution in [1.82, 2.24) is 24.9 Å². The Labute approximate surface area is 161 Å². The molecule has 1 N–H and O–H groups in total. The fourth-order valence-corrected chi connectivity index (χ4v) is 4.86. The van der Waals surface area contributed by atoms with Crippen LogP contribution in [0, 0.1) is 12.8 Å². The molecule has 3 aliphatic rings. The number of nitrogens with one attached hydrogen (secondary N) is 1. The molecule has 3 saturated heterocycles. The largest absolute Gasteiger partial charge is 0.342 e. The standard InChI is InChI=1S/C20H31N5O2/c1-15-13-18(22-21-15)20(27)24-11-6-17(7-12-24)25-10-4-5-16(14-25)19(26)23-8-2-3-9-23/h13,16-17H,2-12,14H2,1H3,(H,21,22). The summed E-state index contributed by atoms with van der Waals surface area (Å²) in [5, 5.41) is 6.94. The highest BCUT2D eigenvalue weighted by Gasteiger charge is 2.35. The first kappa shape index (κ1) is 18.5. The van der Waals surface area contributed by atoms with Crippen molar-refractivity contribution >= 4 is 11.8 Å². The second-order valence-corrected chi connectivity index (χ2v) is 8.33. The molecule has 0 aliphatic carbocycles. The molecule has 0 saturated carbocycles. The number of carbonyl (C=O) groups excluding carboxylic acids is 2. The summed E-state index contributed by atoms with van der Waals surface area (Å²) in [4.78, 5) is 31.8. The number of hydrogen-bond acceptors (Lipinski definition) is 4. The minimum atomic E-state index is 0.0264. The summed E-state index contributed by atoms with van der Waals surface area (Å²) in [7, 11) is 0. The van der Waals surface area contributed by atoms with Crippen LogP contribution in [-0.4, -0.2) is 82.0 Å². The molecule has 3 fully saturated rings. The number of rotatable bonds is 3. The van der Waals surface area contributed by atoms with E-state index in [1.807, 2.05) is 17.9 Å². The molecule has 1 atom stereocenters. The lowest BCUT2D eigenvalue weighted by Crippen LogP contribution is -2.51. The summed E-state index contributed by atoms with van der Waals surface area (Å²) in [6.07, 6.45) is 6.42. The number of aryl methyl sites for hydroxylation is 1. The van der Waals surface area contributed by atoms with Crippen molar-refractivity contribution < 1.29 is 9.59 Å². The van der Waals surface area contributed by atoms with Gasteiger partial charge >= 0.3 is 0 Å². The van der Waals surface area contributed by atoms with Crippen molar-refractivity contribution in [3.8, 4) is 0 Å². The Kier molecular flexibility index (Phi) is 5.48. The van der Waals surface area contributed by atoms with E-state index in [1.54, 1.807) is 0 Å². The summed E-state index contributed by atoms with van der Waals surface area (Å²) < 4.78 is 0. The molecule has 0 aromatic carbocycles. The van der Waals surface area contributed by atoms with E-state index in [0.717, 1.165) is 83.5 Å². The Balaban J connectivity index is 1.30. The number of hydrogen-bond donors (Lipinski definition) is 1. The molecule has 27 heavy (non-hydrogen) atoms. The Morgan fingerprint density at radius 3 is 2.41 bits per heavy atom. The van der Waals surface area contributed by atoms with E-state index in [1.165, 1.54) is 0 Å². The summed E-state index contributed by atoms with van der Waals surface area (Å²) >= 11 is 0. The van der Waals surface area contributed by atoms with Crippen LogP contribution in [0.3, 0.4) is 0 Å². The Hall–Kier alpha value is -1.89. The topological polar surface area (TPSA) is 72.5 Å². The van der Waals surface area contributed by atoms with Gasteiger partial charge in [-0.05, 0) is 58.1 Å². The molecule has 0 bridgehead atoms. The van der Waals surface area contributed by atoms with Gasteiger partial charge < -0.3 is 9.80 Å². The lowest BCUT2D eigenvalue weighted by Gasteiger charge is -2.42. The van der Waals surface area contributed by atoms with Crippen molar-refractivity contribution in [2.75, 3.05) is 39.3 Å². The normalized spacial score (nSPS) is 25.1. The first-order chi connectivity index (χ1) is 13.1. The van der Waals surface area contributed by atoms with Crippen molar-refractivity contribution in [3.05, 3.63) is 17.5 Å². The highest BCUT2D eigenvalue weighted by atomic mass is 16.2. The molecule has 0 spiro atoms. The van der Waals surface area contributed by atoms with Crippen LogP contribution >= 0.6 is 0 Å². The highest BCUT2D eigenvalue weighted by molar-refractivity contribution is 5.92. The van der Waals surface area contributed by atoms with Crippen LogP contribution in [0.25, 0.3) is 0 Å². The van der Waals surface area contributed by atoms with Gasteiger partial charge in [-0.25, -0.2) is 0 Å². The quantitative estimate of drug-likeness (QED) is 0.875. The van der Waals surface area contributed by atoms with E-state index in [2.05, 4.69) is 20.0 Å². The third-order valence-electron chi connectivity index (χ3n) is 6.41. The van der Waals surface area contributed by atoms with Gasteiger partial charge in [0.2, 0.25) is 5.91 Å². The molecule has 1 aromatic heterocycles. The molecule has 7 heteroatoms. The minimum absolute atomic E-state index is 0.0264. The lowest BCUT2D eigenvalue weighted by atomic mass is 9.93. The van der Waals surface area contributed by atoms with Gasteiger partial charge in [0.25, 0.3) is 5.91 Å². The van der Waals surface area contributed by atoms with Crippen LogP contribution in [0.15, 0.2) is 6.07 Å². The van der Waals surface area contributed by atoms with Gasteiger partial charge in [0.15, 0.2) is 0 Å². The maximum Gasteiger partial charge on any atom is 0.274 e. The van der Waals surface area contributed by atoms with Crippen LogP contribution in [0.2, 0.25) is 0 Å². The van der Waals surface area contributed by atoms with Crippen molar-refractivity contribution in [3.63, 3.8) is 0 Å². The molecule has 148 valence electrons. The van der Waals surface area contributed by atoms with E-state index in [4.69, 9.17) is 0 Å². The van der Waals surface area contributed by atoms with Crippen molar-refractivity contribution in [2.24, 2.45) is 5.92 Å². The fourth-order valence-electron chi connectivity index (χ4n) is 4.86. The van der Waals surface area contributed by atoms with Gasteiger partial charge in [-0.3, -0.25) is 19.6 Å². The van der Waals surface area contributed by atoms with Gasteiger partial charge in [0.1, 0.15) is 5.69 Å². The van der Waals surface area contributed by atoms with Gasteiger partial charge in [0, 0.05) is 44.5 Å². The average Bonchev–Trinajstić information content (AvgIpc) is 3.39. The second-order valence-electron chi connectivity index (χ2n) is 8.33. The van der Waals surface area contributed by atoms with Gasteiger partial charge in [-0.2, -0.15) is 5.10 Å². The minimum Gasteiger partial charge on any atom is -0.342 e. The van der Waals surface area contributed by atoms with Crippen LogP contribution < -0.4 is 0 Å². The van der Waals surface area contributed by atoms with Gasteiger partial charge in [-0.15, -0.1) is 0 Å². The van der Waals surface area contributed by atoms with E-state index >= 15 is 0 Å². The Morgan fingerprint density at radius 1 is 1.00 bits per heavy atom. The Morgan fingerprint density at radius 2 is 1.74 bits per heavy atom. The zero-order chi connectivity index (χ0) is 18.8. The first-order valence-corrected chi connectivity index (χ1v) is 10.5. The third-order valence-corrected chi connectivity index (χ3v) is 6.41. The van der Waals surface area contributed by atoms with E-state index in [9.17, 15) is 9.59 Å². The average molecular weight is 374 g/mol. The lowest BCUT2D eigenvalue weighted by molar-refractivity contribution is -0.136. The van der Waals surface area contributed by atoms with Crippen LogP contribution in [0.5, 0.6) is 0 Å². The molecule has 1 unspecified atom stereocenters. The van der Waals surface area contributed by atoms with E-state index < -0.39 is 0 Å². The number of aromatic amines is 1. The van der Waals surface area contributed by atoms with Gasteiger partial charge in [-0.1, -0.05) is 0 Å². The molecular weight excluding hydrogens is 342 g/mol. The summed E-state index contributed by atoms with van der Waals surface area (Å²) in [5.41, 5.74) is 1.43. The number of carbonyl (C=O) groups is 2. The van der Waals surface area contributed by atoms with E-state index in [-0.39, 0.29) is 11.8 Å². The number of likely N-dealkylation sites (tertiary alicyclic amines) is 3. The zero-order valence-electron chi connectivity index (χ0n) is 16.3. The number of amides is 2. The SMILES string of the molecule is Cc1cc(C(=O)N2CCC(N3CCCC(C(=O)N4CCCC4)C3)CC2)n[nH]1. The van der Waals surface area contributed by atoms with Gasteiger partial charge in [0.05, 0.1) is 5.92 Å². The molecule has 4 rings (SSSR count). The third kappa shape index (κ3) is 4.03. The van der Waals surface area contributed by atoms with Crippen molar-refractivity contribution in [1.29, 1.82) is 0 Å². The maximum absolute atomic E-state index is 12.8. The number of aromatic nitrogens is 2. The smallest absolute Gasteiger partial charge is 0.274 e. The number of H-pyrrole nitrogens is 1. The molecular formula is C20H31N5O2. The first-order valence-electron chi connectivity index (χ1n) is 10.5. The summed E-state index contributed by atoms with van der Waals surface area (Å²) in [6.45, 7) is 7.33. The summed E-state index contributed by atoms with van der Waals surface area (Å²) in [6, 6.07) is 2.30. The highest BCUT2D eigenvalue weighted by Crippen LogP contribution is 2.26. The van der Waals surface area contributed by atoms with Crippen molar-refractivity contribution in [2.45, 2.75) is 51.5 Å².